The van der Waals surface area contributed by atoms with E-state index in [1.54, 1.807) is 18.3 Å². The van der Waals surface area contributed by atoms with E-state index in [4.69, 9.17) is 0 Å². The maximum atomic E-state index is 11.8. The monoisotopic (exact) mass is 340 g/mol. The highest BCUT2D eigenvalue weighted by atomic mass is 32.1. The van der Waals surface area contributed by atoms with Crippen molar-refractivity contribution in [2.75, 3.05) is 18.4 Å². The number of piperidine rings is 1. The Kier molecular flexibility index (Phi) is 5.11. The van der Waals surface area contributed by atoms with Crippen LogP contribution in [0, 0.1) is 18.8 Å². The number of amides is 1. The standard InChI is InChI=1S/C18H20N4OS/c1-3-4-17(23)22-9-6-14(7-10-22)15-5-8-19-16(11-15)21-18-20-12-13(2)24-18/h5,8,11-12,14H,6-7,9-10H2,1-2H3,(H,19,20,21). The van der Waals surface area contributed by atoms with Gasteiger partial charge in [0.05, 0.1) is 0 Å². The summed E-state index contributed by atoms with van der Waals surface area (Å²) in [4.78, 5) is 23.5. The Morgan fingerprint density at radius 2 is 2.17 bits per heavy atom. The van der Waals surface area contributed by atoms with Crippen molar-refractivity contribution >= 4 is 28.2 Å². The van der Waals surface area contributed by atoms with Crippen LogP contribution < -0.4 is 5.32 Å². The molecule has 1 aliphatic rings. The minimum absolute atomic E-state index is 0.0628. The number of aryl methyl sites for hydroxylation is 1. The summed E-state index contributed by atoms with van der Waals surface area (Å²) in [5, 5.41) is 4.12. The number of nitrogens with zero attached hydrogens (tertiary/aromatic N) is 3. The second-order valence-electron chi connectivity index (χ2n) is 5.82. The van der Waals surface area contributed by atoms with Crippen LogP contribution in [0.15, 0.2) is 24.5 Å². The first-order valence-corrected chi connectivity index (χ1v) is 8.84. The van der Waals surface area contributed by atoms with Crippen LogP contribution in [0.25, 0.3) is 0 Å². The fraction of sp³-hybridized carbons (Fsp3) is 0.389. The minimum Gasteiger partial charge on any atom is -0.332 e. The third kappa shape index (κ3) is 3.92. The van der Waals surface area contributed by atoms with E-state index in [9.17, 15) is 4.79 Å². The Morgan fingerprint density at radius 3 is 2.83 bits per heavy atom. The van der Waals surface area contributed by atoms with E-state index in [1.165, 1.54) is 10.4 Å². The molecule has 0 aliphatic carbocycles. The molecule has 2 aromatic rings. The quantitative estimate of drug-likeness (QED) is 0.871. The molecular weight excluding hydrogens is 320 g/mol. The van der Waals surface area contributed by atoms with Gasteiger partial charge in [0.1, 0.15) is 5.82 Å². The smallest absolute Gasteiger partial charge is 0.298 e. The molecule has 1 amide bonds. The van der Waals surface area contributed by atoms with E-state index in [2.05, 4.69) is 39.3 Å². The summed E-state index contributed by atoms with van der Waals surface area (Å²) in [7, 11) is 0. The van der Waals surface area contributed by atoms with Gasteiger partial charge in [-0.2, -0.15) is 0 Å². The largest absolute Gasteiger partial charge is 0.332 e. The average molecular weight is 340 g/mol. The first kappa shape index (κ1) is 16.5. The molecule has 0 unspecified atom stereocenters. The molecule has 0 aromatic carbocycles. The molecular formula is C18H20N4OS. The lowest BCUT2D eigenvalue weighted by molar-refractivity contribution is -0.126. The number of carbonyl (C=O) groups is 1. The second kappa shape index (κ2) is 7.45. The number of nitrogens with one attached hydrogen (secondary N) is 1. The SMILES string of the molecule is CC#CC(=O)N1CCC(c2ccnc(Nc3ncc(C)s3)c2)CC1. The van der Waals surface area contributed by atoms with Gasteiger partial charge in [0.2, 0.25) is 0 Å². The van der Waals surface area contributed by atoms with E-state index in [-0.39, 0.29) is 5.91 Å². The molecule has 124 valence electrons. The third-order valence-electron chi connectivity index (χ3n) is 4.13. The average Bonchev–Trinajstić information content (AvgIpc) is 3.00. The molecule has 3 heterocycles. The fourth-order valence-corrected chi connectivity index (χ4v) is 3.56. The number of likely N-dealkylation sites (tertiary alicyclic amines) is 1. The van der Waals surface area contributed by atoms with Gasteiger partial charge in [-0.25, -0.2) is 9.97 Å². The number of anilines is 2. The highest BCUT2D eigenvalue weighted by Gasteiger charge is 2.23. The highest BCUT2D eigenvalue weighted by Crippen LogP contribution is 2.30. The van der Waals surface area contributed by atoms with Crippen LogP contribution in [0.1, 0.15) is 36.1 Å². The Balaban J connectivity index is 1.64. The number of hydrogen-bond donors (Lipinski definition) is 1. The zero-order valence-electron chi connectivity index (χ0n) is 13.9. The lowest BCUT2D eigenvalue weighted by Crippen LogP contribution is -2.37. The Bertz CT molecular complexity index is 782. The van der Waals surface area contributed by atoms with Gasteiger partial charge < -0.3 is 10.2 Å². The first-order chi connectivity index (χ1) is 11.7. The van der Waals surface area contributed by atoms with Crippen LogP contribution in [0.4, 0.5) is 10.9 Å². The molecule has 1 aliphatic heterocycles. The van der Waals surface area contributed by atoms with E-state index in [0.717, 1.165) is 36.9 Å². The molecule has 6 heteroatoms. The van der Waals surface area contributed by atoms with Gasteiger partial charge in [0.25, 0.3) is 5.91 Å². The Hall–Kier alpha value is -2.39. The third-order valence-corrected chi connectivity index (χ3v) is 4.95. The van der Waals surface area contributed by atoms with Crippen LogP contribution >= 0.6 is 11.3 Å². The number of rotatable bonds is 3. The Labute approximate surface area is 146 Å². The predicted octanol–water partition coefficient (Wildman–Crippen LogP) is 3.32. The van der Waals surface area contributed by atoms with Gasteiger partial charge in [-0.3, -0.25) is 4.79 Å². The maximum Gasteiger partial charge on any atom is 0.298 e. The molecule has 0 bridgehead atoms. The van der Waals surface area contributed by atoms with Crippen LogP contribution in [-0.2, 0) is 4.79 Å². The number of pyridine rings is 1. The van der Waals surface area contributed by atoms with Crippen molar-refractivity contribution in [3.63, 3.8) is 0 Å². The number of carbonyl (C=O) groups excluding carboxylic acids is 1. The highest BCUT2D eigenvalue weighted by molar-refractivity contribution is 7.15. The van der Waals surface area contributed by atoms with Crippen molar-refractivity contribution < 1.29 is 4.79 Å². The summed E-state index contributed by atoms with van der Waals surface area (Å²) in [6.07, 6.45) is 5.59. The molecule has 1 fully saturated rings. The minimum atomic E-state index is -0.0628. The first-order valence-electron chi connectivity index (χ1n) is 8.03. The lowest BCUT2D eigenvalue weighted by atomic mass is 9.90. The lowest BCUT2D eigenvalue weighted by Gasteiger charge is -2.31. The van der Waals surface area contributed by atoms with E-state index >= 15 is 0 Å². The van der Waals surface area contributed by atoms with Crippen LogP contribution in [-0.4, -0.2) is 33.9 Å². The molecule has 5 nitrogen and oxygen atoms in total. The maximum absolute atomic E-state index is 11.8. The molecule has 2 aromatic heterocycles. The van der Waals surface area contributed by atoms with Crippen molar-refractivity contribution in [3.05, 3.63) is 35.0 Å². The Morgan fingerprint density at radius 1 is 1.38 bits per heavy atom. The number of hydrogen-bond acceptors (Lipinski definition) is 5. The molecule has 0 radical (unpaired) electrons. The van der Waals surface area contributed by atoms with Crippen LogP contribution in [0.3, 0.4) is 0 Å². The molecule has 1 N–H and O–H groups in total. The molecule has 0 spiro atoms. The van der Waals surface area contributed by atoms with E-state index < -0.39 is 0 Å². The van der Waals surface area contributed by atoms with Gasteiger partial charge in [0.15, 0.2) is 5.13 Å². The van der Waals surface area contributed by atoms with Crippen LogP contribution in [0.2, 0.25) is 0 Å². The molecule has 1 saturated heterocycles. The van der Waals surface area contributed by atoms with Gasteiger partial charge in [0, 0.05) is 30.4 Å². The fourth-order valence-electron chi connectivity index (χ4n) is 2.89. The molecule has 0 saturated carbocycles. The van der Waals surface area contributed by atoms with Crippen molar-refractivity contribution in [3.8, 4) is 11.8 Å². The topological polar surface area (TPSA) is 58.1 Å². The summed E-state index contributed by atoms with van der Waals surface area (Å²) in [6.45, 7) is 5.24. The van der Waals surface area contributed by atoms with Gasteiger partial charge >= 0.3 is 0 Å². The van der Waals surface area contributed by atoms with Crippen molar-refractivity contribution in [2.24, 2.45) is 0 Å². The number of thiazole rings is 1. The zero-order chi connectivity index (χ0) is 16.9. The molecule has 24 heavy (non-hydrogen) atoms. The number of aromatic nitrogens is 2. The summed E-state index contributed by atoms with van der Waals surface area (Å²) < 4.78 is 0. The summed E-state index contributed by atoms with van der Waals surface area (Å²) in [5.74, 6) is 6.50. The predicted molar refractivity (Wildman–Crippen MR) is 96.4 cm³/mol. The summed E-state index contributed by atoms with van der Waals surface area (Å²) in [5.41, 5.74) is 1.26. The normalized spacial score (nSPS) is 14.8. The molecule has 0 atom stereocenters. The zero-order valence-corrected chi connectivity index (χ0v) is 14.7. The van der Waals surface area contributed by atoms with Crippen molar-refractivity contribution in [1.29, 1.82) is 0 Å². The van der Waals surface area contributed by atoms with Gasteiger partial charge in [-0.15, -0.1) is 11.3 Å². The van der Waals surface area contributed by atoms with Crippen LogP contribution in [0.5, 0.6) is 0 Å². The van der Waals surface area contributed by atoms with Gasteiger partial charge in [-0.05, 0) is 56.2 Å². The second-order valence-corrected chi connectivity index (χ2v) is 7.05. The summed E-state index contributed by atoms with van der Waals surface area (Å²) >= 11 is 1.61. The van der Waals surface area contributed by atoms with Crippen molar-refractivity contribution in [2.45, 2.75) is 32.6 Å². The summed E-state index contributed by atoms with van der Waals surface area (Å²) in [6, 6.07) is 4.15. The van der Waals surface area contributed by atoms with Crippen molar-refractivity contribution in [1.82, 2.24) is 14.9 Å². The van der Waals surface area contributed by atoms with Gasteiger partial charge in [-0.1, -0.05) is 5.92 Å². The van der Waals surface area contributed by atoms with E-state index in [1.807, 2.05) is 24.2 Å². The van der Waals surface area contributed by atoms with E-state index in [0.29, 0.717) is 5.92 Å². The molecule has 3 rings (SSSR count).